The third kappa shape index (κ3) is 4.15. The van der Waals surface area contributed by atoms with Gasteiger partial charge in [0.1, 0.15) is 5.84 Å². The van der Waals surface area contributed by atoms with Crippen molar-refractivity contribution in [2.75, 3.05) is 31.6 Å². The Labute approximate surface area is 131 Å². The van der Waals surface area contributed by atoms with Gasteiger partial charge in [0, 0.05) is 38.4 Å². The van der Waals surface area contributed by atoms with Crippen LogP contribution in [0.2, 0.25) is 0 Å². The second-order valence-corrected chi connectivity index (χ2v) is 4.63. The molecule has 0 aromatic carbocycles. The van der Waals surface area contributed by atoms with Crippen molar-refractivity contribution in [2.45, 2.75) is 0 Å². The summed E-state index contributed by atoms with van der Waals surface area (Å²) in [5, 5.41) is 18.0. The number of aliphatic carboxylic acids is 2. The van der Waals surface area contributed by atoms with E-state index in [2.05, 4.69) is 25.2 Å². The van der Waals surface area contributed by atoms with Crippen LogP contribution in [0.5, 0.6) is 0 Å². The lowest BCUT2D eigenvalue weighted by Gasteiger charge is -2.18. The molecule has 0 amide bonds. The molecule has 0 saturated carbocycles. The first-order chi connectivity index (χ1) is 11.0. The number of amidine groups is 1. The van der Waals surface area contributed by atoms with Crippen molar-refractivity contribution >= 4 is 29.2 Å². The Kier molecular flexibility index (Phi) is 5.07. The molecule has 0 fully saturated rings. The van der Waals surface area contributed by atoms with Crippen LogP contribution in [0.15, 0.2) is 29.8 Å². The highest BCUT2D eigenvalue weighted by atomic mass is 16.4. The zero-order chi connectivity index (χ0) is 16.8. The van der Waals surface area contributed by atoms with E-state index in [1.54, 1.807) is 12.4 Å². The molecule has 10 nitrogen and oxygen atoms in total. The summed E-state index contributed by atoms with van der Waals surface area (Å²) in [5.41, 5.74) is 0.869. The van der Waals surface area contributed by atoms with E-state index >= 15 is 0 Å². The highest BCUT2D eigenvalue weighted by Gasteiger charge is 2.13. The molecule has 3 rings (SSSR count). The van der Waals surface area contributed by atoms with Gasteiger partial charge in [0.2, 0.25) is 0 Å². The number of carboxylic acids is 2. The predicted molar refractivity (Wildman–Crippen MR) is 81.8 cm³/mol. The molecule has 1 aliphatic heterocycles. The fraction of sp³-hybridized carbons (Fsp3) is 0.308. The van der Waals surface area contributed by atoms with Crippen LogP contribution in [0.25, 0.3) is 5.65 Å². The van der Waals surface area contributed by atoms with Crippen molar-refractivity contribution in [3.05, 3.63) is 24.8 Å². The number of rotatable bonds is 3. The summed E-state index contributed by atoms with van der Waals surface area (Å²) in [6.45, 7) is 2.54. The van der Waals surface area contributed by atoms with Gasteiger partial charge in [0.15, 0.2) is 11.5 Å². The summed E-state index contributed by atoms with van der Waals surface area (Å²) in [7, 11) is 2.00. The number of likely N-dealkylation sites (N-methyl/N-ethyl adjacent to an activating group) is 1. The van der Waals surface area contributed by atoms with Crippen LogP contribution in [0, 0.1) is 0 Å². The number of nitrogens with zero attached hydrogens (tertiary/aromatic N) is 5. The van der Waals surface area contributed by atoms with Crippen LogP contribution in [-0.2, 0) is 9.59 Å². The number of hydrogen-bond donors (Lipinski definition) is 3. The Morgan fingerprint density at radius 3 is 2.48 bits per heavy atom. The molecule has 2 aromatic rings. The number of nitrogens with one attached hydrogen (secondary N) is 1. The lowest BCUT2D eigenvalue weighted by Crippen LogP contribution is -2.33. The van der Waals surface area contributed by atoms with Gasteiger partial charge in [-0.25, -0.2) is 19.6 Å². The van der Waals surface area contributed by atoms with E-state index in [9.17, 15) is 0 Å². The van der Waals surface area contributed by atoms with Crippen LogP contribution in [0.4, 0.5) is 5.82 Å². The van der Waals surface area contributed by atoms with Crippen molar-refractivity contribution in [1.82, 2.24) is 19.7 Å². The van der Waals surface area contributed by atoms with Crippen molar-refractivity contribution in [3.63, 3.8) is 0 Å². The summed E-state index contributed by atoms with van der Waals surface area (Å²) in [5.74, 6) is -1.76. The van der Waals surface area contributed by atoms with E-state index in [1.165, 1.54) is 0 Å². The Bertz CT molecular complexity index is 729. The summed E-state index contributed by atoms with van der Waals surface area (Å²) in [6, 6.07) is 0. The highest BCUT2D eigenvalue weighted by Crippen LogP contribution is 2.14. The normalized spacial score (nSPS) is 12.8. The third-order valence-corrected chi connectivity index (χ3v) is 2.97. The van der Waals surface area contributed by atoms with Gasteiger partial charge in [-0.05, 0) is 0 Å². The molecule has 1 aliphatic rings. The molecule has 0 spiro atoms. The monoisotopic (exact) mass is 320 g/mol. The molecule has 0 bridgehead atoms. The van der Waals surface area contributed by atoms with E-state index in [1.807, 2.05) is 23.8 Å². The van der Waals surface area contributed by atoms with Crippen LogP contribution in [0.1, 0.15) is 0 Å². The summed E-state index contributed by atoms with van der Waals surface area (Å²) in [4.78, 5) is 33.3. The van der Waals surface area contributed by atoms with Crippen LogP contribution >= 0.6 is 0 Å². The van der Waals surface area contributed by atoms with Crippen LogP contribution in [-0.4, -0.2) is 69.0 Å². The summed E-state index contributed by atoms with van der Waals surface area (Å²) < 4.78 is 1.96. The Balaban J connectivity index is 0.000000277. The van der Waals surface area contributed by atoms with Gasteiger partial charge in [0.25, 0.3) is 0 Å². The maximum absolute atomic E-state index is 9.10. The van der Waals surface area contributed by atoms with Gasteiger partial charge in [-0.3, -0.25) is 4.99 Å². The summed E-state index contributed by atoms with van der Waals surface area (Å²) >= 11 is 0. The van der Waals surface area contributed by atoms with Crippen molar-refractivity contribution in [1.29, 1.82) is 0 Å². The molecule has 23 heavy (non-hydrogen) atoms. The highest BCUT2D eigenvalue weighted by molar-refractivity contribution is 6.27. The fourth-order valence-electron chi connectivity index (χ4n) is 1.96. The average Bonchev–Trinajstić information content (AvgIpc) is 3.17. The summed E-state index contributed by atoms with van der Waals surface area (Å²) in [6.07, 6.45) is 7.37. The first kappa shape index (κ1) is 16.2. The van der Waals surface area contributed by atoms with E-state index in [-0.39, 0.29) is 0 Å². The Morgan fingerprint density at radius 1 is 1.26 bits per heavy atom. The zero-order valence-corrected chi connectivity index (χ0v) is 12.4. The standard InChI is InChI=1S/C11H14N6.C2H2O4/c1-16(8-9-12-2-3-13-9)10-11-15-5-7-17(11)6-4-14-10;3-1(4)2(5)6/h4-7H,2-3,8H2,1H3,(H,12,13);(H,3,4)(H,5,6). The van der Waals surface area contributed by atoms with Crippen molar-refractivity contribution in [2.24, 2.45) is 4.99 Å². The minimum atomic E-state index is -1.82. The molecular formula is C13H16N6O4. The van der Waals surface area contributed by atoms with Crippen molar-refractivity contribution in [3.8, 4) is 0 Å². The third-order valence-electron chi connectivity index (χ3n) is 2.97. The fourth-order valence-corrected chi connectivity index (χ4v) is 1.96. The molecule has 0 atom stereocenters. The van der Waals surface area contributed by atoms with Crippen molar-refractivity contribution < 1.29 is 19.8 Å². The number of aromatic nitrogens is 3. The minimum Gasteiger partial charge on any atom is -0.473 e. The lowest BCUT2D eigenvalue weighted by atomic mass is 10.4. The maximum atomic E-state index is 9.10. The van der Waals surface area contributed by atoms with Gasteiger partial charge in [-0.15, -0.1) is 0 Å². The SMILES string of the molecule is CN(CC1=NCCN1)c1nccn2ccnc12.O=C(O)C(=O)O. The van der Waals surface area contributed by atoms with Crippen LogP contribution < -0.4 is 10.2 Å². The number of carboxylic acid groups (broad SMARTS) is 2. The molecule has 0 unspecified atom stereocenters. The van der Waals surface area contributed by atoms with Gasteiger partial charge >= 0.3 is 11.9 Å². The minimum absolute atomic E-state index is 0.736. The van der Waals surface area contributed by atoms with E-state index < -0.39 is 11.9 Å². The second-order valence-electron chi connectivity index (χ2n) is 4.63. The molecule has 10 heteroatoms. The van der Waals surface area contributed by atoms with Gasteiger partial charge in [-0.2, -0.15) is 0 Å². The number of fused-ring (bicyclic) bond motifs is 1. The molecule has 3 N–H and O–H groups in total. The molecule has 3 heterocycles. The number of carbonyl (C=O) groups is 2. The van der Waals surface area contributed by atoms with Crippen LogP contribution in [0.3, 0.4) is 0 Å². The molecule has 122 valence electrons. The maximum Gasteiger partial charge on any atom is 0.414 e. The number of aliphatic imine (C=N–C) groups is 1. The van der Waals surface area contributed by atoms with E-state index in [4.69, 9.17) is 19.8 Å². The van der Waals surface area contributed by atoms with Gasteiger partial charge < -0.3 is 24.8 Å². The molecule has 2 aromatic heterocycles. The van der Waals surface area contributed by atoms with Gasteiger partial charge in [-0.1, -0.05) is 0 Å². The lowest BCUT2D eigenvalue weighted by molar-refractivity contribution is -0.159. The predicted octanol–water partition coefficient (Wildman–Crippen LogP) is -0.677. The topological polar surface area (TPSA) is 132 Å². The molecule has 0 saturated heterocycles. The quantitative estimate of drug-likeness (QED) is 0.634. The average molecular weight is 320 g/mol. The smallest absolute Gasteiger partial charge is 0.414 e. The second kappa shape index (κ2) is 7.20. The van der Waals surface area contributed by atoms with E-state index in [0.29, 0.717) is 0 Å². The Hall–Kier alpha value is -3.17. The Morgan fingerprint density at radius 2 is 1.91 bits per heavy atom. The molecule has 0 aliphatic carbocycles. The largest absolute Gasteiger partial charge is 0.473 e. The van der Waals surface area contributed by atoms with E-state index in [0.717, 1.165) is 36.9 Å². The number of imidazole rings is 1. The molecular weight excluding hydrogens is 304 g/mol. The number of anilines is 1. The first-order valence-electron chi connectivity index (χ1n) is 6.71. The zero-order valence-electron chi connectivity index (χ0n) is 12.4. The number of hydrogen-bond acceptors (Lipinski definition) is 7. The molecule has 0 radical (unpaired) electrons. The van der Waals surface area contributed by atoms with Gasteiger partial charge in [0.05, 0.1) is 13.1 Å². The first-order valence-corrected chi connectivity index (χ1v) is 6.71.